The van der Waals surface area contributed by atoms with E-state index in [1.165, 1.54) is 0 Å². The highest BCUT2D eigenvalue weighted by molar-refractivity contribution is 7.79. The topological polar surface area (TPSA) is 9.23 Å². The Morgan fingerprint density at radius 3 is 2.69 bits per heavy atom. The molecule has 3 heteroatoms. The summed E-state index contributed by atoms with van der Waals surface area (Å²) in [4.78, 5) is 0. The third kappa shape index (κ3) is 3.12. The van der Waals surface area contributed by atoms with Gasteiger partial charge in [0.25, 0.3) is 0 Å². The maximum atomic E-state index is 5.84. The lowest BCUT2D eigenvalue weighted by molar-refractivity contribution is 0.240. The van der Waals surface area contributed by atoms with Crippen molar-refractivity contribution in [3.05, 3.63) is 28.8 Å². The van der Waals surface area contributed by atoms with E-state index in [1.54, 1.807) is 0 Å². The Morgan fingerprint density at radius 2 is 2.15 bits per heavy atom. The third-order valence-corrected chi connectivity index (χ3v) is 2.13. The highest BCUT2D eigenvalue weighted by Gasteiger charge is 2.04. The Bertz CT molecular complexity index is 286. The van der Waals surface area contributed by atoms with Gasteiger partial charge in [-0.3, -0.25) is 0 Å². The first-order valence-corrected chi connectivity index (χ1v) is 5.20. The fraction of sp³-hybridized carbons (Fsp3) is 0.400. The van der Waals surface area contributed by atoms with Gasteiger partial charge in [0.05, 0.1) is 6.10 Å². The van der Waals surface area contributed by atoms with E-state index >= 15 is 0 Å². The molecule has 0 radical (unpaired) electrons. The molecular weight excluding hydrogens is 204 g/mol. The lowest BCUT2D eigenvalue weighted by Gasteiger charge is -2.13. The van der Waals surface area contributed by atoms with Gasteiger partial charge in [-0.2, -0.15) is 12.6 Å². The van der Waals surface area contributed by atoms with Crippen LogP contribution in [0.1, 0.15) is 19.4 Å². The van der Waals surface area contributed by atoms with E-state index in [2.05, 4.69) is 12.6 Å². The van der Waals surface area contributed by atoms with Crippen molar-refractivity contribution in [2.24, 2.45) is 0 Å². The summed E-state index contributed by atoms with van der Waals surface area (Å²) in [5.41, 5.74) is 1.03. The van der Waals surface area contributed by atoms with Crippen LogP contribution in [0, 0.1) is 0 Å². The first-order chi connectivity index (χ1) is 6.13. The van der Waals surface area contributed by atoms with Crippen molar-refractivity contribution in [2.45, 2.75) is 25.7 Å². The number of ether oxygens (including phenoxy) is 1. The van der Waals surface area contributed by atoms with E-state index in [4.69, 9.17) is 16.3 Å². The highest BCUT2D eigenvalue weighted by Crippen LogP contribution is 2.25. The average molecular weight is 217 g/mol. The summed E-state index contributed by atoms with van der Waals surface area (Å²) in [5, 5.41) is 0.722. The number of hydrogen-bond acceptors (Lipinski definition) is 2. The Morgan fingerprint density at radius 1 is 1.46 bits per heavy atom. The Hall–Kier alpha value is -0.340. The summed E-state index contributed by atoms with van der Waals surface area (Å²) < 4.78 is 5.58. The molecule has 13 heavy (non-hydrogen) atoms. The fourth-order valence-electron chi connectivity index (χ4n) is 1.04. The molecule has 0 fully saturated rings. The van der Waals surface area contributed by atoms with Gasteiger partial charge in [0.15, 0.2) is 0 Å². The second kappa shape index (κ2) is 4.77. The van der Waals surface area contributed by atoms with Gasteiger partial charge in [-0.1, -0.05) is 11.6 Å². The van der Waals surface area contributed by atoms with Crippen LogP contribution in [0.2, 0.25) is 5.02 Å². The predicted molar refractivity (Wildman–Crippen MR) is 59.9 cm³/mol. The molecule has 0 aliphatic rings. The van der Waals surface area contributed by atoms with Crippen LogP contribution in [0.25, 0.3) is 0 Å². The summed E-state index contributed by atoms with van der Waals surface area (Å²) in [6.45, 7) is 3.99. The lowest BCUT2D eigenvalue weighted by atomic mass is 10.2. The number of hydrogen-bond donors (Lipinski definition) is 1. The van der Waals surface area contributed by atoms with Crippen LogP contribution in [0.15, 0.2) is 18.2 Å². The molecule has 0 spiro atoms. The van der Waals surface area contributed by atoms with Crippen LogP contribution < -0.4 is 4.74 Å². The molecule has 72 valence electrons. The molecule has 0 saturated heterocycles. The van der Waals surface area contributed by atoms with Crippen molar-refractivity contribution in [2.75, 3.05) is 0 Å². The van der Waals surface area contributed by atoms with Crippen LogP contribution in [-0.4, -0.2) is 6.10 Å². The van der Waals surface area contributed by atoms with Crippen molar-refractivity contribution in [3.8, 4) is 5.75 Å². The molecule has 0 aliphatic heterocycles. The first-order valence-electron chi connectivity index (χ1n) is 4.19. The SMILES string of the molecule is CC(C)Oc1ccc(Cl)cc1CS. The average Bonchev–Trinajstić information content (AvgIpc) is 2.07. The van der Waals surface area contributed by atoms with Crippen LogP contribution in [-0.2, 0) is 5.75 Å². The Kier molecular flexibility index (Phi) is 3.94. The number of rotatable bonds is 3. The zero-order chi connectivity index (χ0) is 9.84. The third-order valence-electron chi connectivity index (χ3n) is 1.56. The van der Waals surface area contributed by atoms with Crippen molar-refractivity contribution < 1.29 is 4.74 Å². The minimum atomic E-state index is 0.180. The Labute approximate surface area is 89.5 Å². The van der Waals surface area contributed by atoms with Crippen LogP contribution >= 0.6 is 24.2 Å². The normalized spacial score (nSPS) is 10.5. The molecule has 1 aromatic carbocycles. The molecular formula is C10H13ClOS. The molecule has 0 unspecified atom stereocenters. The molecule has 1 rings (SSSR count). The van der Waals surface area contributed by atoms with E-state index in [1.807, 2.05) is 32.0 Å². The van der Waals surface area contributed by atoms with Gasteiger partial charge in [-0.15, -0.1) is 0 Å². The zero-order valence-electron chi connectivity index (χ0n) is 7.75. The molecule has 0 atom stereocenters. The minimum Gasteiger partial charge on any atom is -0.491 e. The van der Waals surface area contributed by atoms with E-state index in [0.29, 0.717) is 5.75 Å². The van der Waals surface area contributed by atoms with Gasteiger partial charge in [0.2, 0.25) is 0 Å². The standard InChI is InChI=1S/C10H13ClOS/c1-7(2)12-10-4-3-9(11)5-8(10)6-13/h3-5,7,13H,6H2,1-2H3. The molecule has 1 nitrogen and oxygen atoms in total. The second-order valence-corrected chi connectivity index (χ2v) is 3.83. The van der Waals surface area contributed by atoms with E-state index in [0.717, 1.165) is 16.3 Å². The lowest BCUT2D eigenvalue weighted by Crippen LogP contribution is -2.06. The molecule has 0 heterocycles. The number of thiol groups is 1. The minimum absolute atomic E-state index is 0.180. The molecule has 0 N–H and O–H groups in total. The van der Waals surface area contributed by atoms with E-state index < -0.39 is 0 Å². The molecule has 0 bridgehead atoms. The van der Waals surface area contributed by atoms with Crippen LogP contribution in [0.4, 0.5) is 0 Å². The van der Waals surface area contributed by atoms with E-state index in [9.17, 15) is 0 Å². The number of halogens is 1. The molecule has 0 aliphatic carbocycles. The van der Waals surface area contributed by atoms with Gasteiger partial charge in [0, 0.05) is 16.3 Å². The summed E-state index contributed by atoms with van der Waals surface area (Å²) >= 11 is 10.1. The van der Waals surface area contributed by atoms with Gasteiger partial charge < -0.3 is 4.74 Å². The van der Waals surface area contributed by atoms with Gasteiger partial charge in [0.1, 0.15) is 5.75 Å². The van der Waals surface area contributed by atoms with Crippen molar-refractivity contribution in [3.63, 3.8) is 0 Å². The quantitative estimate of drug-likeness (QED) is 0.761. The molecule has 0 saturated carbocycles. The van der Waals surface area contributed by atoms with Crippen LogP contribution in [0.3, 0.4) is 0 Å². The molecule has 0 aromatic heterocycles. The fourth-order valence-corrected chi connectivity index (χ4v) is 1.48. The van der Waals surface area contributed by atoms with E-state index in [-0.39, 0.29) is 6.10 Å². The predicted octanol–water partition coefficient (Wildman–Crippen LogP) is 3.56. The summed E-state index contributed by atoms with van der Waals surface area (Å²) in [7, 11) is 0. The summed E-state index contributed by atoms with van der Waals surface area (Å²) in [6, 6.07) is 5.59. The van der Waals surface area contributed by atoms with Gasteiger partial charge in [-0.05, 0) is 32.0 Å². The first kappa shape index (κ1) is 10.7. The monoisotopic (exact) mass is 216 g/mol. The highest BCUT2D eigenvalue weighted by atomic mass is 35.5. The summed E-state index contributed by atoms with van der Waals surface area (Å²) in [5.74, 6) is 1.51. The molecule has 1 aromatic rings. The maximum absolute atomic E-state index is 5.84. The largest absolute Gasteiger partial charge is 0.491 e. The Balaban J connectivity index is 2.92. The summed E-state index contributed by atoms with van der Waals surface area (Å²) in [6.07, 6.45) is 0.180. The second-order valence-electron chi connectivity index (χ2n) is 3.08. The maximum Gasteiger partial charge on any atom is 0.123 e. The van der Waals surface area contributed by atoms with Crippen molar-refractivity contribution in [1.29, 1.82) is 0 Å². The van der Waals surface area contributed by atoms with Gasteiger partial charge in [-0.25, -0.2) is 0 Å². The zero-order valence-corrected chi connectivity index (χ0v) is 9.40. The smallest absolute Gasteiger partial charge is 0.123 e. The van der Waals surface area contributed by atoms with Crippen molar-refractivity contribution in [1.82, 2.24) is 0 Å². The molecule has 0 amide bonds. The van der Waals surface area contributed by atoms with Gasteiger partial charge >= 0.3 is 0 Å². The number of benzene rings is 1. The van der Waals surface area contributed by atoms with Crippen molar-refractivity contribution >= 4 is 24.2 Å². The van der Waals surface area contributed by atoms with Crippen LogP contribution in [0.5, 0.6) is 5.75 Å².